The Hall–Kier alpha value is -1.45. The van der Waals surface area contributed by atoms with Crippen molar-refractivity contribution in [3.63, 3.8) is 0 Å². The maximum atomic E-state index is 5.80. The first kappa shape index (κ1) is 17.6. The van der Waals surface area contributed by atoms with E-state index in [1.165, 1.54) is 51.4 Å². The molecule has 4 heteroatoms. The molecule has 1 rings (SSSR count). The molecule has 120 valence electrons. The van der Waals surface area contributed by atoms with Crippen molar-refractivity contribution in [1.29, 1.82) is 0 Å². The van der Waals surface area contributed by atoms with Crippen LogP contribution in [0.1, 0.15) is 65.2 Å². The maximum Gasteiger partial charge on any atom is 0.239 e. The molecule has 1 aromatic heterocycles. The molecule has 0 amide bonds. The van der Waals surface area contributed by atoms with Gasteiger partial charge in [-0.2, -0.15) is 4.98 Å². The molecule has 0 aliphatic heterocycles. The van der Waals surface area contributed by atoms with Crippen molar-refractivity contribution in [1.82, 2.24) is 4.98 Å². The first-order chi connectivity index (χ1) is 10.3. The molecule has 0 spiro atoms. The fraction of sp³-hybridized carbons (Fsp3) is 0.706. The van der Waals surface area contributed by atoms with E-state index in [0.717, 1.165) is 12.4 Å². The number of hydrogen-bond donors (Lipinski definition) is 2. The molecule has 0 bridgehead atoms. The second-order valence-corrected chi connectivity index (χ2v) is 5.43. The van der Waals surface area contributed by atoms with Crippen molar-refractivity contribution in [2.45, 2.75) is 65.2 Å². The predicted octanol–water partition coefficient (Wildman–Crippen LogP) is 4.62. The van der Waals surface area contributed by atoms with E-state index in [4.69, 9.17) is 10.5 Å². The molecule has 21 heavy (non-hydrogen) atoms. The monoisotopic (exact) mass is 293 g/mol. The Morgan fingerprint density at radius 2 is 1.67 bits per heavy atom. The lowest BCUT2D eigenvalue weighted by Crippen LogP contribution is -2.06. The van der Waals surface area contributed by atoms with Gasteiger partial charge in [0.15, 0.2) is 0 Å². The number of ether oxygens (including phenoxy) is 1. The summed E-state index contributed by atoms with van der Waals surface area (Å²) in [5.74, 6) is 1.37. The lowest BCUT2D eigenvalue weighted by molar-refractivity contribution is 0.329. The summed E-state index contributed by atoms with van der Waals surface area (Å²) in [4.78, 5) is 4.37. The molecule has 1 aromatic rings. The third-order valence-electron chi connectivity index (χ3n) is 3.51. The van der Waals surface area contributed by atoms with Crippen LogP contribution in [0.3, 0.4) is 0 Å². The molecule has 3 N–H and O–H groups in total. The van der Waals surface area contributed by atoms with Gasteiger partial charge in [0, 0.05) is 6.54 Å². The summed E-state index contributed by atoms with van der Waals surface area (Å²) in [7, 11) is 0. The standard InChI is InChI=1S/C17H31N3O/c1-3-5-6-7-8-9-10-11-14-19-16-13-12-15(18)17(20-16)21-4-2/h12-13H,3-11,14,18H2,1-2H3,(H,19,20). The number of nitrogens with zero attached hydrogens (tertiary/aromatic N) is 1. The van der Waals surface area contributed by atoms with Crippen LogP contribution in [0.15, 0.2) is 12.1 Å². The molecule has 0 aliphatic rings. The van der Waals surface area contributed by atoms with Crippen LogP contribution in [0.5, 0.6) is 5.88 Å². The van der Waals surface area contributed by atoms with Crippen molar-refractivity contribution in [2.75, 3.05) is 24.2 Å². The summed E-state index contributed by atoms with van der Waals surface area (Å²) >= 11 is 0. The van der Waals surface area contributed by atoms with Gasteiger partial charge in [-0.15, -0.1) is 0 Å². The largest absolute Gasteiger partial charge is 0.476 e. The number of hydrogen-bond acceptors (Lipinski definition) is 4. The number of anilines is 2. The summed E-state index contributed by atoms with van der Waals surface area (Å²) in [6.07, 6.45) is 10.7. The average Bonchev–Trinajstić information content (AvgIpc) is 2.49. The summed E-state index contributed by atoms with van der Waals surface area (Å²) in [5.41, 5.74) is 6.40. The van der Waals surface area contributed by atoms with Crippen LogP contribution in [0.2, 0.25) is 0 Å². The normalized spacial score (nSPS) is 10.6. The first-order valence-corrected chi connectivity index (χ1v) is 8.41. The molecular weight excluding hydrogens is 262 g/mol. The highest BCUT2D eigenvalue weighted by atomic mass is 16.5. The van der Waals surface area contributed by atoms with Gasteiger partial charge < -0.3 is 15.8 Å². The molecule has 1 heterocycles. The van der Waals surface area contributed by atoms with Gasteiger partial charge in [-0.05, 0) is 25.5 Å². The minimum atomic E-state index is 0.526. The third-order valence-corrected chi connectivity index (χ3v) is 3.51. The molecule has 0 fully saturated rings. The molecular formula is C17H31N3O. The van der Waals surface area contributed by atoms with Crippen LogP contribution in [0, 0.1) is 0 Å². The minimum absolute atomic E-state index is 0.526. The number of unbranched alkanes of at least 4 members (excludes halogenated alkanes) is 7. The zero-order chi connectivity index (χ0) is 15.3. The lowest BCUT2D eigenvalue weighted by atomic mass is 10.1. The summed E-state index contributed by atoms with van der Waals surface area (Å²) < 4.78 is 5.39. The summed E-state index contributed by atoms with van der Waals surface area (Å²) in [6, 6.07) is 3.75. The quantitative estimate of drug-likeness (QED) is 0.552. The van der Waals surface area contributed by atoms with E-state index in [1.54, 1.807) is 0 Å². The van der Waals surface area contributed by atoms with Gasteiger partial charge in [-0.3, -0.25) is 0 Å². The molecule has 0 unspecified atom stereocenters. The Kier molecular flexibility index (Phi) is 9.42. The van der Waals surface area contributed by atoms with Gasteiger partial charge in [-0.25, -0.2) is 0 Å². The number of aromatic nitrogens is 1. The van der Waals surface area contributed by atoms with Crippen LogP contribution in [-0.2, 0) is 0 Å². The molecule has 0 atom stereocenters. The maximum absolute atomic E-state index is 5.80. The van der Waals surface area contributed by atoms with Crippen molar-refractivity contribution < 1.29 is 4.74 Å². The Balaban J connectivity index is 2.11. The Labute approximate surface area is 129 Å². The van der Waals surface area contributed by atoms with Gasteiger partial charge >= 0.3 is 0 Å². The molecule has 0 saturated carbocycles. The van der Waals surface area contributed by atoms with Crippen LogP contribution in [-0.4, -0.2) is 18.1 Å². The van der Waals surface area contributed by atoms with E-state index in [9.17, 15) is 0 Å². The highest BCUT2D eigenvalue weighted by Crippen LogP contribution is 2.20. The summed E-state index contributed by atoms with van der Waals surface area (Å²) in [6.45, 7) is 5.73. The van der Waals surface area contributed by atoms with E-state index in [0.29, 0.717) is 18.2 Å². The molecule has 0 aliphatic carbocycles. The van der Waals surface area contributed by atoms with Gasteiger partial charge in [0.25, 0.3) is 0 Å². The lowest BCUT2D eigenvalue weighted by Gasteiger charge is -2.09. The van der Waals surface area contributed by atoms with E-state index in [-0.39, 0.29) is 0 Å². The number of nitrogens with two attached hydrogens (primary N) is 1. The average molecular weight is 293 g/mol. The second kappa shape index (κ2) is 11.2. The zero-order valence-corrected chi connectivity index (χ0v) is 13.7. The predicted molar refractivity (Wildman–Crippen MR) is 90.9 cm³/mol. The van der Waals surface area contributed by atoms with Crippen LogP contribution >= 0.6 is 0 Å². The highest BCUT2D eigenvalue weighted by Gasteiger charge is 2.03. The SMILES string of the molecule is CCCCCCCCCCNc1ccc(N)c(OCC)n1. The van der Waals surface area contributed by atoms with Crippen molar-refractivity contribution >= 4 is 11.5 Å². The third kappa shape index (κ3) is 7.78. The van der Waals surface area contributed by atoms with Gasteiger partial charge in [0.1, 0.15) is 5.82 Å². The Morgan fingerprint density at radius 1 is 1.00 bits per heavy atom. The zero-order valence-electron chi connectivity index (χ0n) is 13.7. The molecule has 4 nitrogen and oxygen atoms in total. The van der Waals surface area contributed by atoms with Gasteiger partial charge in [-0.1, -0.05) is 51.9 Å². The van der Waals surface area contributed by atoms with Crippen molar-refractivity contribution in [3.8, 4) is 5.88 Å². The number of rotatable bonds is 12. The second-order valence-electron chi connectivity index (χ2n) is 5.43. The summed E-state index contributed by atoms with van der Waals surface area (Å²) in [5, 5.41) is 3.34. The fourth-order valence-corrected chi connectivity index (χ4v) is 2.28. The van der Waals surface area contributed by atoms with Crippen molar-refractivity contribution in [3.05, 3.63) is 12.1 Å². The fourth-order valence-electron chi connectivity index (χ4n) is 2.28. The topological polar surface area (TPSA) is 60.2 Å². The van der Waals surface area contributed by atoms with E-state index >= 15 is 0 Å². The smallest absolute Gasteiger partial charge is 0.239 e. The number of nitrogens with one attached hydrogen (secondary N) is 1. The number of nitrogen functional groups attached to an aromatic ring is 1. The minimum Gasteiger partial charge on any atom is -0.476 e. The Morgan fingerprint density at radius 3 is 2.33 bits per heavy atom. The van der Waals surface area contributed by atoms with E-state index in [2.05, 4.69) is 17.2 Å². The highest BCUT2D eigenvalue weighted by molar-refractivity contribution is 5.53. The Bertz CT molecular complexity index is 382. The van der Waals surface area contributed by atoms with Gasteiger partial charge in [0.2, 0.25) is 5.88 Å². The molecule has 0 radical (unpaired) electrons. The van der Waals surface area contributed by atoms with Crippen LogP contribution < -0.4 is 15.8 Å². The van der Waals surface area contributed by atoms with Crippen molar-refractivity contribution in [2.24, 2.45) is 0 Å². The number of pyridine rings is 1. The van der Waals surface area contributed by atoms with Gasteiger partial charge in [0.05, 0.1) is 12.3 Å². The van der Waals surface area contributed by atoms with Crippen LogP contribution in [0.4, 0.5) is 11.5 Å². The van der Waals surface area contributed by atoms with E-state index in [1.807, 2.05) is 19.1 Å². The van der Waals surface area contributed by atoms with E-state index < -0.39 is 0 Å². The van der Waals surface area contributed by atoms with Crippen LogP contribution in [0.25, 0.3) is 0 Å². The molecule has 0 aromatic carbocycles. The first-order valence-electron chi connectivity index (χ1n) is 8.41. The molecule has 0 saturated heterocycles.